The van der Waals surface area contributed by atoms with Gasteiger partial charge in [0.2, 0.25) is 0 Å². The second-order valence-corrected chi connectivity index (χ2v) is 13.9. The summed E-state index contributed by atoms with van der Waals surface area (Å²) in [7, 11) is 0. The molecule has 0 radical (unpaired) electrons. The van der Waals surface area contributed by atoms with Gasteiger partial charge in [0.15, 0.2) is 0 Å². The molecule has 0 atom stereocenters. The van der Waals surface area contributed by atoms with E-state index in [9.17, 15) is 57.5 Å². The Labute approximate surface area is 428 Å². The fraction of sp³-hybridized carbons (Fsp3) is 0.0769. The van der Waals surface area contributed by atoms with Crippen molar-refractivity contribution in [2.75, 3.05) is 0 Å². The van der Waals surface area contributed by atoms with Gasteiger partial charge in [0.25, 0.3) is 0 Å². The van der Waals surface area contributed by atoms with E-state index in [2.05, 4.69) is 13.8 Å². The molecule has 0 fully saturated rings. The van der Waals surface area contributed by atoms with Crippen molar-refractivity contribution in [2.45, 2.75) is 26.7 Å². The fourth-order valence-electron chi connectivity index (χ4n) is 5.14. The molecule has 12 N–H and O–H groups in total. The van der Waals surface area contributed by atoms with Crippen molar-refractivity contribution < 1.29 is 119 Å². The molecule has 6 aromatic carbocycles. The van der Waals surface area contributed by atoms with Crippen molar-refractivity contribution in [2.24, 2.45) is 0 Å². The first-order valence-electron chi connectivity index (χ1n) is 21.0. The first-order chi connectivity index (χ1) is 35.7. The van der Waals surface area contributed by atoms with Gasteiger partial charge in [-0.1, -0.05) is 99.5 Å². The number of hydrogen-bond acceptors (Lipinski definition) is 12. The molecule has 0 aromatic heterocycles. The van der Waals surface area contributed by atoms with E-state index in [4.69, 9.17) is 61.3 Å². The zero-order valence-electron chi connectivity index (χ0n) is 39.5. The van der Waals surface area contributed by atoms with Crippen molar-refractivity contribution in [3.05, 3.63) is 212 Å². The van der Waals surface area contributed by atoms with Crippen LogP contribution < -0.4 is 0 Å². The summed E-state index contributed by atoms with van der Waals surface area (Å²) >= 11 is 0. The maximum atomic E-state index is 10.5. The first-order valence-corrected chi connectivity index (χ1v) is 21.0. The van der Waals surface area contributed by atoms with E-state index in [1.54, 1.807) is 0 Å². The monoisotopic (exact) mass is 1050 g/mol. The van der Waals surface area contributed by atoms with Crippen molar-refractivity contribution in [3.63, 3.8) is 0 Å². The maximum absolute atomic E-state index is 10.5. The van der Waals surface area contributed by atoms with E-state index < -0.39 is 71.6 Å². The van der Waals surface area contributed by atoms with E-state index in [1.165, 1.54) is 158 Å². The molecule has 76 heavy (non-hydrogen) atoms. The summed E-state index contributed by atoms with van der Waals surface area (Å²) in [4.78, 5) is 126. The summed E-state index contributed by atoms with van der Waals surface area (Å²) in [6, 6.07) is 32.9. The van der Waals surface area contributed by atoms with Gasteiger partial charge < -0.3 is 61.3 Å². The summed E-state index contributed by atoms with van der Waals surface area (Å²) in [5.74, 6) is -14.7. The first kappa shape index (κ1) is 65.0. The molecule has 24 heteroatoms. The van der Waals surface area contributed by atoms with Crippen LogP contribution in [0.5, 0.6) is 0 Å². The third-order valence-electron chi connectivity index (χ3n) is 8.83. The summed E-state index contributed by atoms with van der Waals surface area (Å²) in [6.07, 6.45) is 2.64. The standard InChI is InChI=1S/6C8H6O4.C4H10/c6*9-7(10)5-3-1-2-4-6(5)8(11)12;1-3-4-2/h6*1-4H,(H,9,10)(H,11,12);3-4H2,1-2H3. The second-order valence-electron chi connectivity index (χ2n) is 13.9. The molecule has 0 aliphatic carbocycles. The predicted molar refractivity (Wildman–Crippen MR) is 263 cm³/mol. The number of rotatable bonds is 13. The Kier molecular flexibility index (Phi) is 28.7. The number of carboxylic acids is 12. The highest BCUT2D eigenvalue weighted by Crippen LogP contribution is 2.12. The van der Waals surface area contributed by atoms with Crippen molar-refractivity contribution in [1.29, 1.82) is 0 Å². The van der Waals surface area contributed by atoms with Crippen LogP contribution in [0.3, 0.4) is 0 Å². The Bertz CT molecular complexity index is 2340. The normalized spacial score (nSPS) is 9.24. The summed E-state index contributed by atoms with van der Waals surface area (Å²) in [5.41, 5.74) is -2.28. The zero-order chi connectivity index (χ0) is 58.2. The van der Waals surface area contributed by atoms with Gasteiger partial charge in [-0.3, -0.25) is 0 Å². The lowest BCUT2D eigenvalue weighted by Gasteiger charge is -1.98. The van der Waals surface area contributed by atoms with Crippen LogP contribution in [0.25, 0.3) is 0 Å². The average molecular weight is 1050 g/mol. The van der Waals surface area contributed by atoms with Crippen LogP contribution in [0.15, 0.2) is 146 Å². The minimum atomic E-state index is -1.23. The maximum Gasteiger partial charge on any atom is 0.336 e. The number of carboxylic acid groups (broad SMARTS) is 12. The van der Waals surface area contributed by atoms with Crippen LogP contribution in [0.1, 0.15) is 151 Å². The summed E-state index contributed by atoms with van der Waals surface area (Å²) < 4.78 is 0. The molecule has 6 aromatic rings. The van der Waals surface area contributed by atoms with Gasteiger partial charge in [-0.2, -0.15) is 0 Å². The number of hydrogen-bond donors (Lipinski definition) is 12. The van der Waals surface area contributed by atoms with Gasteiger partial charge in [0.05, 0.1) is 66.8 Å². The van der Waals surface area contributed by atoms with Crippen molar-refractivity contribution in [3.8, 4) is 0 Å². The lowest BCUT2D eigenvalue weighted by Crippen LogP contribution is -2.06. The van der Waals surface area contributed by atoms with E-state index >= 15 is 0 Å². The van der Waals surface area contributed by atoms with Crippen LogP contribution >= 0.6 is 0 Å². The fourth-order valence-corrected chi connectivity index (χ4v) is 5.14. The van der Waals surface area contributed by atoms with Gasteiger partial charge in [-0.25, -0.2) is 57.5 Å². The van der Waals surface area contributed by atoms with Crippen LogP contribution in [0, 0.1) is 0 Å². The Morgan fingerprint density at radius 1 is 0.197 bits per heavy atom. The second kappa shape index (κ2) is 33.5. The molecule has 0 spiro atoms. The predicted octanol–water partition coefficient (Wildman–Crippen LogP) is 8.30. The number of aromatic carboxylic acids is 12. The lowest BCUT2D eigenvalue weighted by atomic mass is 10.1. The molecule has 398 valence electrons. The van der Waals surface area contributed by atoms with E-state index in [-0.39, 0.29) is 66.8 Å². The average Bonchev–Trinajstić information content (AvgIpc) is 3.39. The molecular formula is C52H46O24. The highest BCUT2D eigenvalue weighted by molar-refractivity contribution is 6.05. The van der Waals surface area contributed by atoms with Gasteiger partial charge in [0.1, 0.15) is 0 Å². The highest BCUT2D eigenvalue weighted by Gasteiger charge is 2.18. The molecule has 0 saturated heterocycles. The van der Waals surface area contributed by atoms with Crippen LogP contribution in [0.4, 0.5) is 0 Å². The number of unbranched alkanes of at least 4 members (excludes halogenated alkanes) is 1. The van der Waals surface area contributed by atoms with Crippen LogP contribution in [0.2, 0.25) is 0 Å². The Morgan fingerprint density at radius 2 is 0.263 bits per heavy atom. The third kappa shape index (κ3) is 22.4. The van der Waals surface area contributed by atoms with Crippen molar-refractivity contribution >= 4 is 71.6 Å². The number of benzene rings is 6. The minimum absolute atomic E-state index is 0.190. The van der Waals surface area contributed by atoms with Crippen molar-refractivity contribution in [1.82, 2.24) is 0 Å². The smallest absolute Gasteiger partial charge is 0.336 e. The Morgan fingerprint density at radius 3 is 0.303 bits per heavy atom. The topological polar surface area (TPSA) is 448 Å². The molecule has 0 heterocycles. The minimum Gasteiger partial charge on any atom is -0.478 e. The van der Waals surface area contributed by atoms with Gasteiger partial charge in [-0.05, 0) is 72.8 Å². The molecule has 24 nitrogen and oxygen atoms in total. The van der Waals surface area contributed by atoms with E-state index in [0.717, 1.165) is 0 Å². The van der Waals surface area contributed by atoms with Gasteiger partial charge in [-0.15, -0.1) is 0 Å². The molecule has 0 aliphatic rings. The molecule has 0 unspecified atom stereocenters. The molecule has 0 amide bonds. The quantitative estimate of drug-likeness (QED) is 0.0517. The molecular weight excluding hydrogens is 1010 g/mol. The highest BCUT2D eigenvalue weighted by atomic mass is 16.4. The zero-order valence-corrected chi connectivity index (χ0v) is 39.5. The molecule has 0 saturated carbocycles. The van der Waals surface area contributed by atoms with Crippen LogP contribution in [-0.4, -0.2) is 133 Å². The molecule has 6 rings (SSSR count). The molecule has 0 aliphatic heterocycles. The number of carbonyl (C=O) groups is 12. The Hall–Kier alpha value is -11.0. The third-order valence-corrected chi connectivity index (χ3v) is 8.83. The Balaban J connectivity index is 0.000000875. The van der Waals surface area contributed by atoms with Gasteiger partial charge in [0, 0.05) is 0 Å². The van der Waals surface area contributed by atoms with Crippen LogP contribution in [-0.2, 0) is 0 Å². The largest absolute Gasteiger partial charge is 0.478 e. The van der Waals surface area contributed by atoms with E-state index in [1.807, 2.05) is 0 Å². The SMILES string of the molecule is CCCC.O=C(O)c1ccccc1C(=O)O.O=C(O)c1ccccc1C(=O)O.O=C(O)c1ccccc1C(=O)O.O=C(O)c1ccccc1C(=O)O.O=C(O)c1ccccc1C(=O)O.O=C(O)c1ccccc1C(=O)O. The molecule has 0 bridgehead atoms. The van der Waals surface area contributed by atoms with Gasteiger partial charge >= 0.3 is 71.6 Å². The summed E-state index contributed by atoms with van der Waals surface area (Å²) in [5, 5.41) is 103. The van der Waals surface area contributed by atoms with E-state index in [0.29, 0.717) is 0 Å². The lowest BCUT2D eigenvalue weighted by molar-refractivity contribution is 0.0651. The summed E-state index contributed by atoms with van der Waals surface area (Å²) in [6.45, 7) is 4.36.